The van der Waals surface area contributed by atoms with Crippen LogP contribution in [0.4, 0.5) is 0 Å². The Morgan fingerprint density at radius 2 is 1.86 bits per heavy atom. The van der Waals surface area contributed by atoms with Crippen LogP contribution in [0, 0.1) is 34.5 Å². The van der Waals surface area contributed by atoms with Crippen LogP contribution in [0.1, 0.15) is 63.6 Å². The Kier molecular flexibility index (Phi) is 3.41. The van der Waals surface area contributed by atoms with Crippen LogP contribution in [0.15, 0.2) is 24.3 Å². The molecular weight excluding hydrogens is 342 g/mol. The van der Waals surface area contributed by atoms with E-state index in [4.69, 9.17) is 0 Å². The number of rotatable bonds is 0. The number of Topliss-reactive ketones (excluding diaryl/α,β-unsaturated/α-hetero) is 1. The number of nitrogens with zero attached hydrogens (tertiary/aromatic N) is 1. The van der Waals surface area contributed by atoms with Crippen molar-refractivity contribution in [3.63, 3.8) is 0 Å². The maximum atomic E-state index is 12.7. The van der Waals surface area contributed by atoms with Gasteiger partial charge in [0.05, 0.1) is 0 Å². The molecule has 6 atom stereocenters. The molecule has 1 aromatic carbocycles. The van der Waals surface area contributed by atoms with Gasteiger partial charge in [-0.1, -0.05) is 32.0 Å². The van der Waals surface area contributed by atoms with Crippen LogP contribution in [-0.4, -0.2) is 10.4 Å². The molecule has 148 valence electrons. The quantitative estimate of drug-likeness (QED) is 0.578. The van der Waals surface area contributed by atoms with Crippen molar-refractivity contribution in [3.8, 4) is 0 Å². The van der Waals surface area contributed by atoms with E-state index in [1.54, 1.807) is 11.3 Å². The topological polar surface area (TPSA) is 22.0 Å². The third kappa shape index (κ3) is 1.97. The Hall–Kier alpha value is -1.57. The van der Waals surface area contributed by atoms with E-state index in [9.17, 15) is 4.79 Å². The molecule has 28 heavy (non-hydrogen) atoms. The molecule has 0 radical (unpaired) electrons. The molecule has 3 fully saturated rings. The second-order valence-electron chi connectivity index (χ2n) is 11.0. The van der Waals surface area contributed by atoms with Crippen LogP contribution in [0.5, 0.6) is 0 Å². The van der Waals surface area contributed by atoms with Gasteiger partial charge in [0.15, 0.2) is 0 Å². The van der Waals surface area contributed by atoms with Gasteiger partial charge in [-0.15, -0.1) is 0 Å². The third-order valence-electron chi connectivity index (χ3n) is 10.1. The van der Waals surface area contributed by atoms with Gasteiger partial charge in [-0.25, -0.2) is 0 Å². The van der Waals surface area contributed by atoms with Gasteiger partial charge in [0.25, 0.3) is 0 Å². The maximum Gasteiger partial charge on any atom is 0.139 e. The van der Waals surface area contributed by atoms with Gasteiger partial charge in [-0.05, 0) is 85.7 Å². The molecule has 2 aromatic rings. The minimum absolute atomic E-state index is 0.00361. The lowest BCUT2D eigenvalue weighted by atomic mass is 9.45. The first-order chi connectivity index (χ1) is 13.4. The van der Waals surface area contributed by atoms with Gasteiger partial charge in [-0.2, -0.15) is 0 Å². The van der Waals surface area contributed by atoms with Gasteiger partial charge in [-0.3, -0.25) is 4.79 Å². The van der Waals surface area contributed by atoms with Crippen LogP contribution < -0.4 is 0 Å². The van der Waals surface area contributed by atoms with E-state index >= 15 is 0 Å². The highest BCUT2D eigenvalue weighted by Crippen LogP contribution is 2.65. The molecule has 4 aliphatic rings. The number of benzene rings is 1. The van der Waals surface area contributed by atoms with Gasteiger partial charge in [0, 0.05) is 35.5 Å². The van der Waals surface area contributed by atoms with Crippen LogP contribution in [0.25, 0.3) is 10.9 Å². The van der Waals surface area contributed by atoms with E-state index < -0.39 is 0 Å². The lowest BCUT2D eigenvalue weighted by molar-refractivity contribution is -0.136. The molecule has 2 nitrogen and oxygen atoms in total. The van der Waals surface area contributed by atoms with Gasteiger partial charge < -0.3 is 4.57 Å². The first kappa shape index (κ1) is 17.3. The first-order valence-electron chi connectivity index (χ1n) is 11.5. The van der Waals surface area contributed by atoms with Crippen molar-refractivity contribution >= 4 is 16.7 Å². The number of ketones is 1. The van der Waals surface area contributed by atoms with Crippen molar-refractivity contribution in [2.24, 2.45) is 41.5 Å². The summed E-state index contributed by atoms with van der Waals surface area (Å²) in [5.74, 6) is 3.63. The van der Waals surface area contributed by atoms with Crippen LogP contribution >= 0.6 is 0 Å². The van der Waals surface area contributed by atoms with Crippen molar-refractivity contribution < 1.29 is 4.79 Å². The SMILES string of the molecule is Cn1c2c(c3ccccc31)C[C@@]1(C)[C@@H](CC[C@H]3[C@H]1CC[C@@]1(C)C(=O)CC[C@@H]31)C2. The van der Waals surface area contributed by atoms with Gasteiger partial charge in [0.2, 0.25) is 0 Å². The molecule has 0 aliphatic heterocycles. The zero-order valence-corrected chi connectivity index (χ0v) is 17.6. The van der Waals surface area contributed by atoms with E-state index in [1.807, 2.05) is 0 Å². The summed E-state index contributed by atoms with van der Waals surface area (Å²) in [4.78, 5) is 12.7. The predicted octanol–water partition coefficient (Wildman–Crippen LogP) is 5.70. The molecule has 0 bridgehead atoms. The van der Waals surface area contributed by atoms with Gasteiger partial charge in [0.1, 0.15) is 5.78 Å². The molecular formula is C26H33NO. The molecule has 0 N–H and O–H groups in total. The molecule has 6 rings (SSSR count). The van der Waals surface area contributed by atoms with Crippen LogP contribution in [0.3, 0.4) is 0 Å². The maximum absolute atomic E-state index is 12.7. The fourth-order valence-corrected chi connectivity index (χ4v) is 8.51. The lowest BCUT2D eigenvalue weighted by Crippen LogP contribution is -2.54. The number of hydrogen-bond acceptors (Lipinski definition) is 1. The molecule has 0 unspecified atom stereocenters. The normalized spacial score (nSPS) is 42.0. The summed E-state index contributed by atoms with van der Waals surface area (Å²) >= 11 is 0. The van der Waals surface area contributed by atoms with Crippen LogP contribution in [0.2, 0.25) is 0 Å². The average molecular weight is 376 g/mol. The Balaban J connectivity index is 1.43. The standard InChI is InChI=1S/C26H33NO/c1-25-13-12-21-18(20(25)10-11-24(25)28)9-8-16-14-23-19(15-26(16,21)2)17-6-4-5-7-22(17)27(23)3/h4-7,16,18,20-21H,8-15H2,1-3H3/t16-,18+,20-,21+,25+,26-/m0/s1. The Morgan fingerprint density at radius 1 is 1.04 bits per heavy atom. The highest BCUT2D eigenvalue weighted by atomic mass is 16.1. The number of carbonyl (C=O) groups excluding carboxylic acids is 1. The smallest absolute Gasteiger partial charge is 0.139 e. The number of fused-ring (bicyclic) bond motifs is 8. The van der Waals surface area contributed by atoms with E-state index in [1.165, 1.54) is 43.0 Å². The Bertz CT molecular complexity index is 986. The van der Waals surface area contributed by atoms with Crippen molar-refractivity contribution in [2.45, 2.75) is 65.2 Å². The molecule has 4 aliphatic carbocycles. The molecule has 3 saturated carbocycles. The zero-order valence-electron chi connectivity index (χ0n) is 17.6. The lowest BCUT2D eigenvalue weighted by Gasteiger charge is -2.59. The Morgan fingerprint density at radius 3 is 2.71 bits per heavy atom. The number of hydrogen-bond donors (Lipinski definition) is 0. The second-order valence-corrected chi connectivity index (χ2v) is 11.0. The number of aryl methyl sites for hydroxylation is 1. The minimum Gasteiger partial charge on any atom is -0.347 e. The van der Waals surface area contributed by atoms with Crippen molar-refractivity contribution in [1.29, 1.82) is 0 Å². The summed E-state index contributed by atoms with van der Waals surface area (Å²) in [5.41, 5.74) is 5.05. The first-order valence-corrected chi connectivity index (χ1v) is 11.5. The number of aromatic nitrogens is 1. The predicted molar refractivity (Wildman–Crippen MR) is 113 cm³/mol. The summed E-state index contributed by atoms with van der Waals surface area (Å²) in [7, 11) is 2.27. The fraction of sp³-hybridized carbons (Fsp3) is 0.654. The van der Waals surface area contributed by atoms with E-state index in [-0.39, 0.29) is 5.41 Å². The average Bonchev–Trinajstić information content (AvgIpc) is 3.14. The largest absolute Gasteiger partial charge is 0.347 e. The Labute approximate surface area is 168 Å². The molecule has 0 spiro atoms. The summed E-state index contributed by atoms with van der Waals surface area (Å²) in [6, 6.07) is 9.01. The molecule has 1 heterocycles. The van der Waals surface area contributed by atoms with Gasteiger partial charge >= 0.3 is 0 Å². The van der Waals surface area contributed by atoms with Crippen molar-refractivity contribution in [3.05, 3.63) is 35.5 Å². The van der Waals surface area contributed by atoms with Crippen LogP contribution in [-0.2, 0) is 24.7 Å². The molecule has 0 amide bonds. The second kappa shape index (κ2) is 5.52. The summed E-state index contributed by atoms with van der Waals surface area (Å²) in [5, 5.41) is 1.48. The monoisotopic (exact) mass is 375 g/mol. The minimum atomic E-state index is 0.00361. The van der Waals surface area contributed by atoms with E-state index in [2.05, 4.69) is 49.7 Å². The van der Waals surface area contributed by atoms with Crippen molar-refractivity contribution in [1.82, 2.24) is 4.57 Å². The van der Waals surface area contributed by atoms with Crippen molar-refractivity contribution in [2.75, 3.05) is 0 Å². The summed E-state index contributed by atoms with van der Waals surface area (Å²) < 4.78 is 2.48. The molecule has 1 aromatic heterocycles. The fourth-order valence-electron chi connectivity index (χ4n) is 8.51. The van der Waals surface area contributed by atoms with E-state index in [0.29, 0.717) is 17.1 Å². The highest BCUT2D eigenvalue weighted by molar-refractivity contribution is 5.87. The number of para-hydroxylation sites is 1. The third-order valence-corrected chi connectivity index (χ3v) is 10.1. The zero-order chi connectivity index (χ0) is 19.3. The molecule has 2 heteroatoms. The summed E-state index contributed by atoms with van der Waals surface area (Å²) in [6.07, 6.45) is 9.64. The summed E-state index contributed by atoms with van der Waals surface area (Å²) in [6.45, 7) is 4.93. The van der Waals surface area contributed by atoms with E-state index in [0.717, 1.165) is 37.0 Å². The highest BCUT2D eigenvalue weighted by Gasteiger charge is 2.60. The molecule has 0 saturated heterocycles. The number of carbonyl (C=O) groups is 1.